The molecule has 1 aromatic heterocycles. The van der Waals surface area contributed by atoms with Crippen molar-refractivity contribution in [1.29, 1.82) is 0 Å². The van der Waals surface area contributed by atoms with Crippen LogP contribution in [0.1, 0.15) is 45.1 Å². The number of allylic oxidation sites excluding steroid dienone is 1. The number of carbonyl (C=O) groups excluding carboxylic acids is 3. The normalized spacial score (nSPS) is 26.1. The van der Waals surface area contributed by atoms with Crippen LogP contribution in [0.3, 0.4) is 0 Å². The summed E-state index contributed by atoms with van der Waals surface area (Å²) in [6.45, 7) is 3.39. The highest BCUT2D eigenvalue weighted by Gasteiger charge is 2.71. The molecule has 9 heteroatoms. The zero-order valence-electron chi connectivity index (χ0n) is 16.7. The lowest BCUT2D eigenvalue weighted by Crippen LogP contribution is -2.66. The molecule has 6 nitrogen and oxygen atoms in total. The predicted molar refractivity (Wildman–Crippen MR) is 99.5 cm³/mol. The predicted octanol–water partition coefficient (Wildman–Crippen LogP) is 2.89. The highest BCUT2D eigenvalue weighted by Crippen LogP contribution is 2.52. The molecular weight excluding hydrogens is 399 g/mol. The van der Waals surface area contributed by atoms with Crippen LogP contribution in [0, 0.1) is 11.3 Å². The number of nitrogens with one attached hydrogen (secondary N) is 1. The second kappa shape index (κ2) is 6.65. The van der Waals surface area contributed by atoms with E-state index >= 15 is 0 Å². The van der Waals surface area contributed by atoms with Crippen LogP contribution in [0.5, 0.6) is 0 Å². The van der Waals surface area contributed by atoms with E-state index in [1.54, 1.807) is 26.0 Å². The number of carbonyl (C=O) groups is 3. The lowest BCUT2D eigenvalue weighted by Gasteiger charge is -2.35. The number of nitrogens with zero attached hydrogens (tertiary/aromatic N) is 2. The number of Topliss-reactive ketones (excluding diaryl/α,β-unsaturated/α-hetero) is 1. The molecule has 0 bridgehead atoms. The topological polar surface area (TPSA) is 79.4 Å². The van der Waals surface area contributed by atoms with E-state index in [9.17, 15) is 27.6 Å². The Kier molecular flexibility index (Phi) is 4.56. The van der Waals surface area contributed by atoms with E-state index in [0.717, 1.165) is 4.90 Å². The minimum atomic E-state index is -5.16. The Morgan fingerprint density at radius 3 is 2.53 bits per heavy atom. The molecule has 2 aliphatic carbocycles. The molecule has 3 aliphatic rings. The lowest BCUT2D eigenvalue weighted by molar-refractivity contribution is -0.195. The first-order valence-corrected chi connectivity index (χ1v) is 9.83. The molecule has 0 saturated heterocycles. The molecular formula is C21H22F3N3O3. The van der Waals surface area contributed by atoms with Crippen LogP contribution in [-0.2, 0) is 20.9 Å². The first-order valence-electron chi connectivity index (χ1n) is 9.83. The van der Waals surface area contributed by atoms with Crippen LogP contribution in [0.25, 0.3) is 0 Å². The molecule has 2 amide bonds. The second-order valence-corrected chi connectivity index (χ2v) is 9.03. The molecule has 1 N–H and O–H groups in total. The first-order chi connectivity index (χ1) is 14.0. The summed E-state index contributed by atoms with van der Waals surface area (Å²) < 4.78 is 43.5. The molecule has 0 aromatic carbocycles. The Morgan fingerprint density at radius 2 is 1.97 bits per heavy atom. The number of ketones is 1. The fourth-order valence-electron chi connectivity index (χ4n) is 4.30. The van der Waals surface area contributed by atoms with Gasteiger partial charge in [0.05, 0.1) is 12.1 Å². The smallest absolute Gasteiger partial charge is 0.330 e. The number of aromatic nitrogens is 1. The summed E-state index contributed by atoms with van der Waals surface area (Å²) in [5.41, 5.74) is -4.00. The number of alkyl halides is 3. The third kappa shape index (κ3) is 3.20. The van der Waals surface area contributed by atoms with Gasteiger partial charge in [0, 0.05) is 30.4 Å². The van der Waals surface area contributed by atoms with Crippen molar-refractivity contribution in [2.45, 2.75) is 57.8 Å². The highest BCUT2D eigenvalue weighted by molar-refractivity contribution is 6.13. The molecule has 1 aromatic rings. The van der Waals surface area contributed by atoms with E-state index in [-0.39, 0.29) is 25.1 Å². The summed E-state index contributed by atoms with van der Waals surface area (Å²) in [4.78, 5) is 43.7. The standard InChI is InChI=1S/C21H22F3N3O3/c1-19(2)8-14-16(15(28)9-19)20(21(22,23)24,26-17(29)13-5-6-13)18(30)27(14)11-12-4-3-7-25-10-12/h3-4,7,10,13H,5-6,8-9,11H2,1-2H3,(H,26,29)/t20-/m1/s1. The molecule has 2 heterocycles. The van der Waals surface area contributed by atoms with Crippen molar-refractivity contribution in [2.75, 3.05) is 0 Å². The van der Waals surface area contributed by atoms with Gasteiger partial charge in [-0.15, -0.1) is 0 Å². The molecule has 1 fully saturated rings. The Bertz CT molecular complexity index is 951. The largest absolute Gasteiger partial charge is 0.425 e. The summed E-state index contributed by atoms with van der Waals surface area (Å²) in [6, 6.07) is 3.26. The molecule has 0 radical (unpaired) electrons. The summed E-state index contributed by atoms with van der Waals surface area (Å²) >= 11 is 0. The van der Waals surface area contributed by atoms with Crippen molar-refractivity contribution in [1.82, 2.24) is 15.2 Å². The van der Waals surface area contributed by atoms with Gasteiger partial charge in [-0.2, -0.15) is 13.2 Å². The van der Waals surface area contributed by atoms with Gasteiger partial charge in [0.15, 0.2) is 5.78 Å². The Hall–Kier alpha value is -2.71. The minimum Gasteiger partial charge on any atom is -0.330 e. The number of pyridine rings is 1. The average Bonchev–Trinajstić information content (AvgIpc) is 3.45. The van der Waals surface area contributed by atoms with Gasteiger partial charge >= 0.3 is 6.18 Å². The van der Waals surface area contributed by atoms with E-state index in [4.69, 9.17) is 0 Å². The van der Waals surface area contributed by atoms with Crippen molar-refractivity contribution in [3.05, 3.63) is 41.4 Å². The van der Waals surface area contributed by atoms with Crippen molar-refractivity contribution in [2.24, 2.45) is 11.3 Å². The maximum absolute atomic E-state index is 14.5. The van der Waals surface area contributed by atoms with Gasteiger partial charge in [-0.05, 0) is 36.3 Å². The molecule has 0 spiro atoms. The van der Waals surface area contributed by atoms with E-state index in [0.29, 0.717) is 18.4 Å². The number of rotatable bonds is 4. The van der Waals surface area contributed by atoms with E-state index in [2.05, 4.69) is 4.98 Å². The van der Waals surface area contributed by atoms with E-state index in [1.807, 2.05) is 5.32 Å². The third-order valence-electron chi connectivity index (χ3n) is 5.87. The van der Waals surface area contributed by atoms with Crippen LogP contribution < -0.4 is 5.32 Å². The zero-order chi connectivity index (χ0) is 21.9. The quantitative estimate of drug-likeness (QED) is 0.811. The third-order valence-corrected chi connectivity index (χ3v) is 5.87. The summed E-state index contributed by atoms with van der Waals surface area (Å²) in [7, 11) is 0. The monoisotopic (exact) mass is 421 g/mol. The van der Waals surface area contributed by atoms with Crippen molar-refractivity contribution < 1.29 is 27.6 Å². The van der Waals surface area contributed by atoms with Gasteiger partial charge in [0.25, 0.3) is 5.91 Å². The lowest BCUT2D eigenvalue weighted by atomic mass is 9.72. The van der Waals surface area contributed by atoms with Gasteiger partial charge in [-0.3, -0.25) is 19.4 Å². The molecule has 4 rings (SSSR count). The van der Waals surface area contributed by atoms with Crippen LogP contribution >= 0.6 is 0 Å². The van der Waals surface area contributed by atoms with Crippen molar-refractivity contribution in [3.8, 4) is 0 Å². The molecule has 30 heavy (non-hydrogen) atoms. The van der Waals surface area contributed by atoms with Gasteiger partial charge in [0.2, 0.25) is 11.4 Å². The Morgan fingerprint density at radius 1 is 1.27 bits per heavy atom. The van der Waals surface area contributed by atoms with Crippen LogP contribution in [-0.4, -0.2) is 39.2 Å². The van der Waals surface area contributed by atoms with Crippen LogP contribution in [0.2, 0.25) is 0 Å². The Balaban J connectivity index is 1.86. The fourth-order valence-corrected chi connectivity index (χ4v) is 4.30. The maximum atomic E-state index is 14.5. The highest BCUT2D eigenvalue weighted by atomic mass is 19.4. The van der Waals surface area contributed by atoms with E-state index in [1.165, 1.54) is 12.4 Å². The van der Waals surface area contributed by atoms with Crippen molar-refractivity contribution in [3.63, 3.8) is 0 Å². The number of amides is 2. The van der Waals surface area contributed by atoms with E-state index < -0.39 is 46.2 Å². The number of hydrogen-bond donors (Lipinski definition) is 1. The zero-order valence-corrected chi connectivity index (χ0v) is 16.7. The maximum Gasteiger partial charge on any atom is 0.425 e. The van der Waals surface area contributed by atoms with Gasteiger partial charge in [-0.1, -0.05) is 19.9 Å². The average molecular weight is 421 g/mol. The number of hydrogen-bond acceptors (Lipinski definition) is 4. The van der Waals surface area contributed by atoms with Gasteiger partial charge in [0.1, 0.15) is 0 Å². The van der Waals surface area contributed by atoms with Crippen molar-refractivity contribution >= 4 is 17.6 Å². The van der Waals surface area contributed by atoms with Crippen LogP contribution in [0.4, 0.5) is 13.2 Å². The van der Waals surface area contributed by atoms with Gasteiger partial charge in [-0.25, -0.2) is 0 Å². The Labute approximate surface area is 171 Å². The summed E-state index contributed by atoms with van der Waals surface area (Å²) in [5.74, 6) is -3.47. The summed E-state index contributed by atoms with van der Waals surface area (Å²) in [6.07, 6.45) is -1.24. The minimum absolute atomic E-state index is 0.0403. The first kappa shape index (κ1) is 20.6. The number of halogens is 3. The molecule has 1 atom stereocenters. The second-order valence-electron chi connectivity index (χ2n) is 9.03. The molecule has 0 unspecified atom stereocenters. The molecule has 1 saturated carbocycles. The van der Waals surface area contributed by atoms with Crippen LogP contribution in [0.15, 0.2) is 35.8 Å². The molecule has 160 valence electrons. The molecule has 1 aliphatic heterocycles. The SMILES string of the molecule is CC1(C)CC(=O)C2=C(C1)N(Cc1cccnc1)C(=O)[C@@]2(NC(=O)C1CC1)C(F)(F)F. The fraction of sp³-hybridized carbons (Fsp3) is 0.524. The van der Waals surface area contributed by atoms with Gasteiger partial charge < -0.3 is 10.2 Å². The summed E-state index contributed by atoms with van der Waals surface area (Å²) in [5, 5.41) is 1.97.